The van der Waals surface area contributed by atoms with Crippen LogP contribution in [0.15, 0.2) is 29.3 Å². The molecular weight excluding hydrogens is 354 g/mol. The molecule has 0 radical (unpaired) electrons. The Morgan fingerprint density at radius 1 is 1.11 bits per heavy atom. The van der Waals surface area contributed by atoms with Gasteiger partial charge in [0.05, 0.1) is 11.8 Å². The maximum Gasteiger partial charge on any atom is 0.194 e. The molecule has 0 aliphatic carbocycles. The number of piperidine rings is 1. The number of aliphatic imine (C=N–C) groups is 1. The van der Waals surface area contributed by atoms with Crippen molar-refractivity contribution in [3.63, 3.8) is 0 Å². The zero-order valence-corrected chi connectivity index (χ0v) is 17.1. The van der Waals surface area contributed by atoms with Gasteiger partial charge in [0.1, 0.15) is 5.75 Å². The first-order valence-electron chi connectivity index (χ1n) is 10.6. The summed E-state index contributed by atoms with van der Waals surface area (Å²) in [5.41, 5.74) is 0.913. The van der Waals surface area contributed by atoms with Crippen molar-refractivity contribution in [3.8, 4) is 5.75 Å². The fourth-order valence-corrected chi connectivity index (χ4v) is 3.94. The molecule has 1 aromatic carbocycles. The molecule has 0 amide bonds. The number of nitrogens with one attached hydrogen (secondary N) is 1. The minimum Gasteiger partial charge on any atom is -0.506 e. The first-order valence-corrected chi connectivity index (χ1v) is 10.6. The average Bonchev–Trinajstić information content (AvgIpc) is 2.72. The van der Waals surface area contributed by atoms with Gasteiger partial charge in [-0.15, -0.1) is 0 Å². The van der Waals surface area contributed by atoms with Gasteiger partial charge in [-0.05, 0) is 44.9 Å². The molecule has 1 aromatic rings. The van der Waals surface area contributed by atoms with Crippen LogP contribution in [0.4, 0.5) is 5.69 Å². The molecule has 2 heterocycles. The number of guanidine groups is 1. The number of rotatable bonds is 6. The zero-order chi connectivity index (χ0) is 19.8. The van der Waals surface area contributed by atoms with Crippen LogP contribution in [0, 0.1) is 0 Å². The Morgan fingerprint density at radius 2 is 1.82 bits per heavy atom. The van der Waals surface area contributed by atoms with E-state index in [1.807, 2.05) is 18.2 Å². The maximum absolute atomic E-state index is 10.1. The van der Waals surface area contributed by atoms with E-state index in [1.54, 1.807) is 6.07 Å². The SMILES string of the molecule is CCNC(=NCCCN1CCC(O)CC1)N1CCN(c2ccccc2O)CC1. The van der Waals surface area contributed by atoms with Gasteiger partial charge in [-0.25, -0.2) is 0 Å². The van der Waals surface area contributed by atoms with Crippen molar-refractivity contribution in [1.29, 1.82) is 0 Å². The second-order valence-corrected chi connectivity index (χ2v) is 7.62. The van der Waals surface area contributed by atoms with Gasteiger partial charge in [0, 0.05) is 52.4 Å². The average molecular weight is 390 g/mol. The van der Waals surface area contributed by atoms with Crippen molar-refractivity contribution >= 4 is 11.6 Å². The van der Waals surface area contributed by atoms with Gasteiger partial charge in [-0.2, -0.15) is 0 Å². The Hall–Kier alpha value is -1.99. The normalized spacial score (nSPS) is 19.9. The summed E-state index contributed by atoms with van der Waals surface area (Å²) in [6.45, 7) is 10.4. The standard InChI is InChI=1S/C21H35N5O2/c1-2-22-21(23-10-5-11-24-12-8-18(27)9-13-24)26-16-14-25(15-17-26)19-6-3-4-7-20(19)28/h3-4,6-7,18,27-28H,2,5,8-17H2,1H3,(H,22,23). The smallest absolute Gasteiger partial charge is 0.194 e. The number of nitrogens with zero attached hydrogens (tertiary/aromatic N) is 4. The summed E-state index contributed by atoms with van der Waals surface area (Å²) in [7, 11) is 0. The van der Waals surface area contributed by atoms with Gasteiger partial charge in [0.15, 0.2) is 5.96 Å². The molecule has 0 spiro atoms. The van der Waals surface area contributed by atoms with Gasteiger partial charge < -0.3 is 30.2 Å². The Kier molecular flexibility index (Phi) is 7.80. The lowest BCUT2D eigenvalue weighted by Gasteiger charge is -2.38. The van der Waals surface area contributed by atoms with Gasteiger partial charge >= 0.3 is 0 Å². The lowest BCUT2D eigenvalue weighted by molar-refractivity contribution is 0.0824. The van der Waals surface area contributed by atoms with Crippen LogP contribution in [0.25, 0.3) is 0 Å². The van der Waals surface area contributed by atoms with Crippen LogP contribution in [0.1, 0.15) is 26.2 Å². The van der Waals surface area contributed by atoms with Crippen molar-refractivity contribution < 1.29 is 10.2 Å². The minimum atomic E-state index is -0.105. The molecule has 0 atom stereocenters. The predicted octanol–water partition coefficient (Wildman–Crippen LogP) is 1.33. The van der Waals surface area contributed by atoms with Crippen molar-refractivity contribution in [2.75, 3.05) is 63.8 Å². The van der Waals surface area contributed by atoms with Crippen molar-refractivity contribution in [3.05, 3.63) is 24.3 Å². The summed E-state index contributed by atoms with van der Waals surface area (Å²) in [5, 5.41) is 23.1. The van der Waals surface area contributed by atoms with Crippen LogP contribution in [0.3, 0.4) is 0 Å². The summed E-state index contributed by atoms with van der Waals surface area (Å²) in [6, 6.07) is 7.55. The topological polar surface area (TPSA) is 74.6 Å². The first-order chi connectivity index (χ1) is 13.7. The molecule has 3 rings (SSSR count). The molecule has 2 fully saturated rings. The molecule has 0 bridgehead atoms. The highest BCUT2D eigenvalue weighted by molar-refractivity contribution is 5.80. The maximum atomic E-state index is 10.1. The molecule has 7 heteroatoms. The highest BCUT2D eigenvalue weighted by Gasteiger charge is 2.21. The Labute approximate surface area is 168 Å². The number of likely N-dealkylation sites (tertiary alicyclic amines) is 1. The molecule has 0 saturated carbocycles. The summed E-state index contributed by atoms with van der Waals surface area (Å²) < 4.78 is 0. The third-order valence-corrected chi connectivity index (χ3v) is 5.59. The molecule has 2 saturated heterocycles. The van der Waals surface area contributed by atoms with E-state index in [9.17, 15) is 10.2 Å². The molecule has 2 aliphatic rings. The number of aromatic hydroxyl groups is 1. The molecule has 28 heavy (non-hydrogen) atoms. The highest BCUT2D eigenvalue weighted by atomic mass is 16.3. The van der Waals surface area contributed by atoms with E-state index in [1.165, 1.54) is 0 Å². The molecule has 7 nitrogen and oxygen atoms in total. The molecule has 2 aliphatic heterocycles. The Morgan fingerprint density at radius 3 is 2.50 bits per heavy atom. The number of piperazine rings is 1. The molecule has 0 aromatic heterocycles. The number of aliphatic hydroxyl groups excluding tert-OH is 1. The van der Waals surface area contributed by atoms with E-state index in [2.05, 4.69) is 26.9 Å². The zero-order valence-electron chi connectivity index (χ0n) is 17.1. The number of phenols is 1. The second-order valence-electron chi connectivity index (χ2n) is 7.62. The fraction of sp³-hybridized carbons (Fsp3) is 0.667. The van der Waals surface area contributed by atoms with Gasteiger partial charge in [-0.1, -0.05) is 12.1 Å². The predicted molar refractivity (Wildman–Crippen MR) is 114 cm³/mol. The number of anilines is 1. The minimum absolute atomic E-state index is 0.105. The van der Waals surface area contributed by atoms with E-state index < -0.39 is 0 Å². The lowest BCUT2D eigenvalue weighted by atomic mass is 10.1. The monoisotopic (exact) mass is 389 g/mol. The second kappa shape index (κ2) is 10.5. The van der Waals surface area contributed by atoms with Crippen molar-refractivity contribution in [2.45, 2.75) is 32.3 Å². The number of benzene rings is 1. The Balaban J connectivity index is 1.46. The third kappa shape index (κ3) is 5.75. The highest BCUT2D eigenvalue weighted by Crippen LogP contribution is 2.27. The number of hydrogen-bond acceptors (Lipinski definition) is 5. The van der Waals surface area contributed by atoms with Crippen molar-refractivity contribution in [1.82, 2.24) is 15.1 Å². The quantitative estimate of drug-likeness (QED) is 0.387. The molecule has 3 N–H and O–H groups in total. The number of aliphatic hydroxyl groups is 1. The fourth-order valence-electron chi connectivity index (χ4n) is 3.94. The summed E-state index contributed by atoms with van der Waals surface area (Å²) in [4.78, 5) is 11.8. The van der Waals surface area contributed by atoms with Crippen LogP contribution in [-0.4, -0.2) is 91.0 Å². The summed E-state index contributed by atoms with van der Waals surface area (Å²) in [6.07, 6.45) is 2.73. The molecule has 0 unspecified atom stereocenters. The lowest BCUT2D eigenvalue weighted by Crippen LogP contribution is -2.52. The van der Waals surface area contributed by atoms with E-state index in [4.69, 9.17) is 4.99 Å². The van der Waals surface area contributed by atoms with E-state index in [0.717, 1.165) is 89.8 Å². The van der Waals surface area contributed by atoms with Gasteiger partial charge in [0.25, 0.3) is 0 Å². The van der Waals surface area contributed by atoms with Crippen LogP contribution in [-0.2, 0) is 0 Å². The first kappa shape index (κ1) is 20.7. The number of hydrogen-bond donors (Lipinski definition) is 3. The molecular formula is C21H35N5O2. The summed E-state index contributed by atoms with van der Waals surface area (Å²) >= 11 is 0. The van der Waals surface area contributed by atoms with Crippen LogP contribution in [0.2, 0.25) is 0 Å². The van der Waals surface area contributed by atoms with E-state index in [0.29, 0.717) is 5.75 Å². The third-order valence-electron chi connectivity index (χ3n) is 5.59. The number of phenolic OH excluding ortho intramolecular Hbond substituents is 1. The molecule has 156 valence electrons. The van der Waals surface area contributed by atoms with Crippen molar-refractivity contribution in [2.24, 2.45) is 4.99 Å². The van der Waals surface area contributed by atoms with Crippen LogP contribution >= 0.6 is 0 Å². The van der Waals surface area contributed by atoms with Gasteiger partial charge in [-0.3, -0.25) is 4.99 Å². The van der Waals surface area contributed by atoms with Crippen LogP contribution < -0.4 is 10.2 Å². The summed E-state index contributed by atoms with van der Waals surface area (Å²) in [5.74, 6) is 1.34. The van der Waals surface area contributed by atoms with E-state index >= 15 is 0 Å². The van der Waals surface area contributed by atoms with E-state index in [-0.39, 0.29) is 6.10 Å². The van der Waals surface area contributed by atoms with Gasteiger partial charge in [0.2, 0.25) is 0 Å². The largest absolute Gasteiger partial charge is 0.506 e. The van der Waals surface area contributed by atoms with Crippen LogP contribution in [0.5, 0.6) is 5.75 Å². The number of para-hydroxylation sites is 2. The Bertz CT molecular complexity index is 623.